The number of pyridine rings is 1. The second kappa shape index (κ2) is 4.76. The number of halogens is 2. The first-order valence-electron chi connectivity index (χ1n) is 5.93. The summed E-state index contributed by atoms with van der Waals surface area (Å²) in [5.74, 6) is 0.809. The number of nitrogens with zero attached hydrogens (tertiary/aromatic N) is 3. The van der Waals surface area contributed by atoms with Gasteiger partial charge in [-0.05, 0) is 24.3 Å². The molecule has 1 aromatic carbocycles. The van der Waals surface area contributed by atoms with Gasteiger partial charge in [-0.25, -0.2) is 9.37 Å². The molecule has 0 bridgehead atoms. The van der Waals surface area contributed by atoms with Crippen LogP contribution >= 0.6 is 11.6 Å². The highest BCUT2D eigenvalue weighted by atomic mass is 35.5. The average molecular weight is 292 g/mol. The summed E-state index contributed by atoms with van der Waals surface area (Å²) in [5.41, 5.74) is 2.00. The van der Waals surface area contributed by atoms with Gasteiger partial charge in [-0.3, -0.25) is 0 Å². The van der Waals surface area contributed by atoms with E-state index in [9.17, 15) is 4.39 Å². The monoisotopic (exact) mass is 291 g/mol. The molecule has 0 N–H and O–H groups in total. The van der Waals surface area contributed by atoms with Gasteiger partial charge in [-0.15, -0.1) is 0 Å². The van der Waals surface area contributed by atoms with Crippen LogP contribution in [0.25, 0.3) is 22.6 Å². The Bertz CT molecular complexity index is 783. The van der Waals surface area contributed by atoms with Gasteiger partial charge in [-0.1, -0.05) is 11.6 Å². The fraction of sp³-hybridized carbons (Fsp3) is 0.143. The Morgan fingerprint density at radius 3 is 2.55 bits per heavy atom. The zero-order valence-corrected chi connectivity index (χ0v) is 11.6. The molecule has 102 valence electrons. The minimum atomic E-state index is -0.287. The van der Waals surface area contributed by atoms with E-state index in [4.69, 9.17) is 16.3 Å². The van der Waals surface area contributed by atoms with Crippen molar-refractivity contribution in [3.05, 3.63) is 41.2 Å². The summed E-state index contributed by atoms with van der Waals surface area (Å²) in [6, 6.07) is 7.74. The fourth-order valence-corrected chi connectivity index (χ4v) is 2.27. The molecule has 0 saturated carbocycles. The number of hydrogen-bond donors (Lipinski definition) is 0. The third-order valence-corrected chi connectivity index (χ3v) is 3.36. The molecule has 0 aliphatic rings. The van der Waals surface area contributed by atoms with Crippen molar-refractivity contribution in [3.8, 4) is 17.3 Å². The molecule has 0 radical (unpaired) electrons. The van der Waals surface area contributed by atoms with E-state index < -0.39 is 0 Å². The van der Waals surface area contributed by atoms with Crippen LogP contribution in [0.3, 0.4) is 0 Å². The second-order valence-corrected chi connectivity index (χ2v) is 4.73. The summed E-state index contributed by atoms with van der Waals surface area (Å²) in [6.07, 6.45) is 0. The molecule has 4 nitrogen and oxygen atoms in total. The molecule has 0 aliphatic carbocycles. The first kappa shape index (κ1) is 12.9. The van der Waals surface area contributed by atoms with E-state index in [1.165, 1.54) is 19.2 Å². The Hall–Kier alpha value is -2.14. The highest BCUT2D eigenvalue weighted by molar-refractivity contribution is 6.35. The van der Waals surface area contributed by atoms with Gasteiger partial charge < -0.3 is 9.30 Å². The molecular weight excluding hydrogens is 281 g/mol. The van der Waals surface area contributed by atoms with E-state index in [0.29, 0.717) is 27.9 Å². The molecule has 0 amide bonds. The largest absolute Gasteiger partial charge is 0.481 e. The van der Waals surface area contributed by atoms with Crippen LogP contribution in [0.1, 0.15) is 0 Å². The highest BCUT2D eigenvalue weighted by Crippen LogP contribution is 2.29. The summed E-state index contributed by atoms with van der Waals surface area (Å²) in [4.78, 5) is 8.82. The number of imidazole rings is 1. The second-order valence-electron chi connectivity index (χ2n) is 4.32. The molecule has 0 saturated heterocycles. The molecule has 6 heteroatoms. The van der Waals surface area contributed by atoms with Crippen LogP contribution in [-0.2, 0) is 7.05 Å². The van der Waals surface area contributed by atoms with E-state index in [1.54, 1.807) is 22.8 Å². The van der Waals surface area contributed by atoms with Gasteiger partial charge in [0.25, 0.3) is 0 Å². The SMILES string of the molecule is COc1cc(Cl)c2nc(-c3ccc(F)cc3)n(C)c2n1. The molecule has 3 aromatic rings. The van der Waals surface area contributed by atoms with Gasteiger partial charge in [0, 0.05) is 18.7 Å². The normalized spacial score (nSPS) is 11.0. The van der Waals surface area contributed by atoms with Crippen molar-refractivity contribution in [1.82, 2.24) is 14.5 Å². The topological polar surface area (TPSA) is 39.9 Å². The molecule has 0 unspecified atom stereocenters. The van der Waals surface area contributed by atoms with Crippen molar-refractivity contribution in [3.63, 3.8) is 0 Å². The molecule has 20 heavy (non-hydrogen) atoms. The zero-order chi connectivity index (χ0) is 14.3. The Morgan fingerprint density at radius 1 is 1.20 bits per heavy atom. The standard InChI is InChI=1S/C14H11ClFN3O/c1-19-13(8-3-5-9(16)6-4-8)18-12-10(15)7-11(20-2)17-14(12)19/h3-7H,1-2H3. The summed E-state index contributed by atoms with van der Waals surface area (Å²) in [6.45, 7) is 0. The van der Waals surface area contributed by atoms with Gasteiger partial charge >= 0.3 is 0 Å². The number of ether oxygens (including phenoxy) is 1. The lowest BCUT2D eigenvalue weighted by atomic mass is 10.2. The summed E-state index contributed by atoms with van der Waals surface area (Å²) in [7, 11) is 3.36. The van der Waals surface area contributed by atoms with Crippen LogP contribution in [0.15, 0.2) is 30.3 Å². The van der Waals surface area contributed by atoms with Gasteiger partial charge in [0.15, 0.2) is 5.65 Å². The predicted molar refractivity (Wildman–Crippen MR) is 75.5 cm³/mol. The van der Waals surface area contributed by atoms with E-state index >= 15 is 0 Å². The minimum Gasteiger partial charge on any atom is -0.481 e. The van der Waals surface area contributed by atoms with Crippen molar-refractivity contribution >= 4 is 22.8 Å². The first-order valence-corrected chi connectivity index (χ1v) is 6.31. The summed E-state index contributed by atoms with van der Waals surface area (Å²) >= 11 is 6.18. The minimum absolute atomic E-state index is 0.287. The fourth-order valence-electron chi connectivity index (χ4n) is 2.05. The molecule has 3 rings (SSSR count). The van der Waals surface area contributed by atoms with Crippen LogP contribution in [0.5, 0.6) is 5.88 Å². The van der Waals surface area contributed by atoms with Crippen molar-refractivity contribution in [2.24, 2.45) is 7.05 Å². The molecule has 2 heterocycles. The lowest BCUT2D eigenvalue weighted by Crippen LogP contribution is -1.95. The third kappa shape index (κ3) is 2.00. The number of rotatable bonds is 2. The maximum absolute atomic E-state index is 13.0. The number of aromatic nitrogens is 3. The highest BCUT2D eigenvalue weighted by Gasteiger charge is 2.15. The van der Waals surface area contributed by atoms with Gasteiger partial charge in [0.05, 0.1) is 12.1 Å². The first-order chi connectivity index (χ1) is 9.60. The third-order valence-electron chi connectivity index (χ3n) is 3.07. The van der Waals surface area contributed by atoms with Gasteiger partial charge in [0.1, 0.15) is 17.2 Å². The maximum Gasteiger partial charge on any atom is 0.216 e. The lowest BCUT2D eigenvalue weighted by molar-refractivity contribution is 0.399. The molecular formula is C14H11ClFN3O. The van der Waals surface area contributed by atoms with Gasteiger partial charge in [-0.2, -0.15) is 4.98 Å². The quantitative estimate of drug-likeness (QED) is 0.726. The number of benzene rings is 1. The predicted octanol–water partition coefficient (Wildman–Crippen LogP) is 3.44. The maximum atomic E-state index is 13.0. The molecule has 0 fully saturated rings. The van der Waals surface area contributed by atoms with Gasteiger partial charge in [0.2, 0.25) is 5.88 Å². The van der Waals surface area contributed by atoms with E-state index in [-0.39, 0.29) is 5.82 Å². The number of hydrogen-bond acceptors (Lipinski definition) is 3. The Morgan fingerprint density at radius 2 is 1.90 bits per heavy atom. The Labute approximate surface area is 119 Å². The molecule has 0 spiro atoms. The summed E-state index contributed by atoms with van der Waals surface area (Å²) in [5, 5.41) is 0.468. The van der Waals surface area contributed by atoms with Crippen LogP contribution < -0.4 is 4.74 Å². The Balaban J connectivity index is 2.25. The number of fused-ring (bicyclic) bond motifs is 1. The van der Waals surface area contributed by atoms with Crippen LogP contribution in [0.2, 0.25) is 5.02 Å². The lowest BCUT2D eigenvalue weighted by Gasteiger charge is -2.03. The van der Waals surface area contributed by atoms with Crippen LogP contribution in [0.4, 0.5) is 4.39 Å². The van der Waals surface area contributed by atoms with Crippen molar-refractivity contribution in [2.45, 2.75) is 0 Å². The van der Waals surface area contributed by atoms with E-state index in [0.717, 1.165) is 5.56 Å². The molecule has 0 aliphatic heterocycles. The van der Waals surface area contributed by atoms with Crippen molar-refractivity contribution < 1.29 is 9.13 Å². The smallest absolute Gasteiger partial charge is 0.216 e. The summed E-state index contributed by atoms with van der Waals surface area (Å²) < 4.78 is 19.9. The number of methoxy groups -OCH3 is 1. The molecule has 2 aromatic heterocycles. The van der Waals surface area contributed by atoms with Crippen LogP contribution in [0, 0.1) is 5.82 Å². The number of aryl methyl sites for hydroxylation is 1. The van der Waals surface area contributed by atoms with Crippen molar-refractivity contribution in [1.29, 1.82) is 0 Å². The Kier molecular flexibility index (Phi) is 3.06. The van der Waals surface area contributed by atoms with Crippen LogP contribution in [-0.4, -0.2) is 21.6 Å². The van der Waals surface area contributed by atoms with E-state index in [2.05, 4.69) is 9.97 Å². The van der Waals surface area contributed by atoms with Crippen molar-refractivity contribution in [2.75, 3.05) is 7.11 Å². The average Bonchev–Trinajstić information content (AvgIpc) is 2.78. The molecule has 0 atom stereocenters. The van der Waals surface area contributed by atoms with E-state index in [1.807, 2.05) is 7.05 Å². The zero-order valence-electron chi connectivity index (χ0n) is 10.9.